The molecule has 118 valence electrons. The van der Waals surface area contributed by atoms with Crippen LogP contribution in [0.2, 0.25) is 0 Å². The SMILES string of the molecule is C[N+](C)(C)CC(=O)NN=C[C@H](O)[C@@H](O)[C@H](O)[C@H](O)CO. The van der Waals surface area contributed by atoms with Crippen LogP contribution in [0.1, 0.15) is 0 Å². The van der Waals surface area contributed by atoms with E-state index in [1.54, 1.807) is 0 Å². The van der Waals surface area contributed by atoms with Crippen LogP contribution in [0.4, 0.5) is 0 Å². The molecule has 0 heterocycles. The molecule has 0 radical (unpaired) electrons. The highest BCUT2D eigenvalue weighted by molar-refractivity contribution is 5.78. The van der Waals surface area contributed by atoms with Crippen LogP contribution in [-0.2, 0) is 4.79 Å². The quantitative estimate of drug-likeness (QED) is 0.154. The van der Waals surface area contributed by atoms with Gasteiger partial charge in [0.25, 0.3) is 5.91 Å². The number of aliphatic hydroxyl groups excluding tert-OH is 5. The molecule has 0 fully saturated rings. The van der Waals surface area contributed by atoms with Crippen molar-refractivity contribution in [2.45, 2.75) is 24.4 Å². The normalized spacial score (nSPS) is 18.6. The van der Waals surface area contributed by atoms with E-state index in [2.05, 4.69) is 10.5 Å². The van der Waals surface area contributed by atoms with Crippen molar-refractivity contribution in [2.75, 3.05) is 34.3 Å². The summed E-state index contributed by atoms with van der Waals surface area (Å²) in [5, 5.41) is 49.4. The van der Waals surface area contributed by atoms with Gasteiger partial charge >= 0.3 is 0 Å². The number of hydrogen-bond donors (Lipinski definition) is 6. The van der Waals surface area contributed by atoms with Gasteiger partial charge in [0.15, 0.2) is 6.54 Å². The van der Waals surface area contributed by atoms with E-state index in [-0.39, 0.29) is 12.5 Å². The van der Waals surface area contributed by atoms with Crippen LogP contribution in [0.3, 0.4) is 0 Å². The van der Waals surface area contributed by atoms with E-state index < -0.39 is 31.0 Å². The molecule has 0 unspecified atom stereocenters. The highest BCUT2D eigenvalue weighted by Crippen LogP contribution is 2.03. The van der Waals surface area contributed by atoms with Gasteiger partial charge in [-0.05, 0) is 0 Å². The van der Waals surface area contributed by atoms with E-state index in [1.807, 2.05) is 21.1 Å². The number of hydrogen-bond acceptors (Lipinski definition) is 7. The van der Waals surface area contributed by atoms with Crippen LogP contribution in [0.5, 0.6) is 0 Å². The Morgan fingerprint density at radius 2 is 1.75 bits per heavy atom. The molecule has 0 aromatic rings. The van der Waals surface area contributed by atoms with Gasteiger partial charge in [0, 0.05) is 0 Å². The van der Waals surface area contributed by atoms with Crippen molar-refractivity contribution >= 4 is 12.1 Å². The average Bonchev–Trinajstić information content (AvgIpc) is 2.33. The Hall–Kier alpha value is -1.10. The molecular formula is C11H24N3O6+. The van der Waals surface area contributed by atoms with Crippen LogP contribution in [-0.4, -0.2) is 101 Å². The van der Waals surface area contributed by atoms with Gasteiger partial charge in [-0.1, -0.05) is 0 Å². The minimum atomic E-state index is -1.74. The Morgan fingerprint density at radius 1 is 1.20 bits per heavy atom. The zero-order chi connectivity index (χ0) is 15.9. The van der Waals surface area contributed by atoms with Crippen LogP contribution in [0, 0.1) is 0 Å². The highest BCUT2D eigenvalue weighted by atomic mass is 16.4. The molecule has 0 aliphatic carbocycles. The zero-order valence-electron chi connectivity index (χ0n) is 11.8. The number of rotatable bonds is 8. The molecule has 0 aromatic heterocycles. The molecule has 0 saturated carbocycles. The predicted molar refractivity (Wildman–Crippen MR) is 70.6 cm³/mol. The maximum atomic E-state index is 11.4. The molecule has 0 saturated heterocycles. The molecule has 0 aliphatic heterocycles. The molecule has 0 bridgehead atoms. The molecule has 6 N–H and O–H groups in total. The second-order valence-electron chi connectivity index (χ2n) is 5.48. The summed E-state index contributed by atoms with van der Waals surface area (Å²) in [5.74, 6) is -0.383. The Balaban J connectivity index is 4.29. The smallest absolute Gasteiger partial charge is 0.295 e. The number of hydrazone groups is 1. The minimum absolute atomic E-state index is 0.168. The first-order valence-corrected chi connectivity index (χ1v) is 6.04. The van der Waals surface area contributed by atoms with Gasteiger partial charge in [-0.2, -0.15) is 5.10 Å². The van der Waals surface area contributed by atoms with Crippen molar-refractivity contribution in [1.82, 2.24) is 5.43 Å². The number of aliphatic hydroxyl groups is 5. The molecule has 0 rings (SSSR count). The van der Waals surface area contributed by atoms with Gasteiger partial charge in [0.1, 0.15) is 24.4 Å². The summed E-state index contributed by atoms with van der Waals surface area (Å²) in [4.78, 5) is 11.4. The number of carbonyl (C=O) groups is 1. The molecule has 0 spiro atoms. The Bertz CT molecular complexity index is 331. The first-order chi connectivity index (χ1) is 9.08. The van der Waals surface area contributed by atoms with Gasteiger partial charge in [-0.25, -0.2) is 5.43 Å². The number of carbonyl (C=O) groups excluding carboxylic acids is 1. The molecule has 0 aliphatic rings. The first-order valence-electron chi connectivity index (χ1n) is 6.04. The molecule has 9 heteroatoms. The van der Waals surface area contributed by atoms with E-state index >= 15 is 0 Å². The van der Waals surface area contributed by atoms with Gasteiger partial charge in [0.2, 0.25) is 0 Å². The monoisotopic (exact) mass is 294 g/mol. The summed E-state index contributed by atoms with van der Waals surface area (Å²) < 4.78 is 0.397. The van der Waals surface area contributed by atoms with E-state index in [9.17, 15) is 20.1 Å². The Labute approximate surface area is 117 Å². The number of quaternary nitrogens is 1. The first kappa shape index (κ1) is 18.9. The Kier molecular flexibility index (Phi) is 7.79. The van der Waals surface area contributed by atoms with Gasteiger partial charge < -0.3 is 30.0 Å². The number of likely N-dealkylation sites (N-methyl/N-ethyl adjacent to an activating group) is 1. The molecule has 20 heavy (non-hydrogen) atoms. The summed E-state index contributed by atoms with van der Waals surface area (Å²) in [6.45, 7) is -0.593. The predicted octanol–water partition coefficient (Wildman–Crippen LogP) is -3.77. The summed E-state index contributed by atoms with van der Waals surface area (Å²) in [6.07, 6.45) is -5.83. The summed E-state index contributed by atoms with van der Waals surface area (Å²) in [5.41, 5.74) is 2.16. The highest BCUT2D eigenvalue weighted by Gasteiger charge is 2.29. The molecule has 0 aromatic carbocycles. The lowest BCUT2D eigenvalue weighted by atomic mass is 10.0. The molecule has 9 nitrogen and oxygen atoms in total. The van der Waals surface area contributed by atoms with Crippen LogP contribution >= 0.6 is 0 Å². The standard InChI is InChI=1S/C11H23N3O6/c1-14(2,3)5-9(18)13-12-4-7(16)10(19)11(20)8(17)6-15/h4,7-8,10-11,15-17,19-20H,5-6H2,1-3H3/p+1/t7-,8+,10+,11+/m0/s1. The van der Waals surface area contributed by atoms with Gasteiger partial charge in [-0.15, -0.1) is 0 Å². The van der Waals surface area contributed by atoms with Crippen molar-refractivity contribution in [1.29, 1.82) is 0 Å². The number of amides is 1. The summed E-state index contributed by atoms with van der Waals surface area (Å²) >= 11 is 0. The average molecular weight is 294 g/mol. The third kappa shape index (κ3) is 7.48. The zero-order valence-corrected chi connectivity index (χ0v) is 11.8. The fraction of sp³-hybridized carbons (Fsp3) is 0.818. The number of nitrogens with one attached hydrogen (secondary N) is 1. The van der Waals surface area contributed by atoms with Gasteiger partial charge in [0.05, 0.1) is 34.0 Å². The summed E-state index contributed by atoms with van der Waals surface area (Å²) in [7, 11) is 5.44. The Morgan fingerprint density at radius 3 is 2.20 bits per heavy atom. The third-order valence-electron chi connectivity index (χ3n) is 2.32. The van der Waals surface area contributed by atoms with Crippen LogP contribution in [0.25, 0.3) is 0 Å². The van der Waals surface area contributed by atoms with E-state index in [1.165, 1.54) is 0 Å². The van der Waals surface area contributed by atoms with Crippen molar-refractivity contribution in [2.24, 2.45) is 5.10 Å². The largest absolute Gasteiger partial charge is 0.394 e. The van der Waals surface area contributed by atoms with Gasteiger partial charge in [-0.3, -0.25) is 4.79 Å². The molecule has 4 atom stereocenters. The molecular weight excluding hydrogens is 270 g/mol. The lowest BCUT2D eigenvalue weighted by molar-refractivity contribution is -0.862. The van der Waals surface area contributed by atoms with Crippen molar-refractivity contribution in [3.05, 3.63) is 0 Å². The minimum Gasteiger partial charge on any atom is -0.394 e. The van der Waals surface area contributed by atoms with Crippen LogP contribution < -0.4 is 5.43 Å². The van der Waals surface area contributed by atoms with E-state index in [4.69, 9.17) is 10.2 Å². The fourth-order valence-corrected chi connectivity index (χ4v) is 1.28. The topological polar surface area (TPSA) is 143 Å². The maximum absolute atomic E-state index is 11.4. The summed E-state index contributed by atoms with van der Waals surface area (Å²) in [6, 6.07) is 0. The van der Waals surface area contributed by atoms with E-state index in [0.29, 0.717) is 4.48 Å². The second kappa shape index (κ2) is 8.25. The fourth-order valence-electron chi connectivity index (χ4n) is 1.28. The third-order valence-corrected chi connectivity index (χ3v) is 2.32. The lowest BCUT2D eigenvalue weighted by Crippen LogP contribution is -2.46. The second-order valence-corrected chi connectivity index (χ2v) is 5.48. The van der Waals surface area contributed by atoms with Crippen molar-refractivity contribution in [3.8, 4) is 0 Å². The van der Waals surface area contributed by atoms with Crippen LogP contribution in [0.15, 0.2) is 5.10 Å². The maximum Gasteiger partial charge on any atom is 0.295 e. The van der Waals surface area contributed by atoms with Crippen molar-refractivity contribution < 1.29 is 34.8 Å². The van der Waals surface area contributed by atoms with E-state index in [0.717, 1.165) is 6.21 Å². The van der Waals surface area contributed by atoms with Crippen molar-refractivity contribution in [3.63, 3.8) is 0 Å². The lowest BCUT2D eigenvalue weighted by Gasteiger charge is -2.23. The number of nitrogens with zero attached hydrogens (tertiary/aromatic N) is 2. The molecule has 1 amide bonds.